The molecule has 2 unspecified atom stereocenters. The second kappa shape index (κ2) is 6.29. The number of rotatable bonds is 4. The van der Waals surface area contributed by atoms with E-state index in [0.717, 1.165) is 37.6 Å². The normalized spacial score (nSPS) is 23.0. The van der Waals surface area contributed by atoms with Crippen LogP contribution in [-0.2, 0) is 19.6 Å². The predicted octanol–water partition coefficient (Wildman–Crippen LogP) is 1.27. The van der Waals surface area contributed by atoms with Crippen LogP contribution in [0, 0.1) is 11.8 Å². The van der Waals surface area contributed by atoms with Crippen molar-refractivity contribution < 1.29 is 4.42 Å². The molecule has 0 spiro atoms. The highest BCUT2D eigenvalue weighted by Crippen LogP contribution is 2.37. The lowest BCUT2D eigenvalue weighted by Gasteiger charge is -2.33. The first-order valence-electron chi connectivity index (χ1n) is 8.99. The number of aromatic nitrogens is 3. The fraction of sp³-hybridized carbons (Fsp3) is 0.611. The van der Waals surface area contributed by atoms with E-state index in [1.165, 1.54) is 4.68 Å². The summed E-state index contributed by atoms with van der Waals surface area (Å²) in [6.45, 7) is 7.74. The van der Waals surface area contributed by atoms with Crippen LogP contribution in [-0.4, -0.2) is 32.3 Å². The standard InChI is InChI=1S/C18H24N4O3/c1-12(2)8-22-18(24)17(23)21-9-13-5-6-20(10-14-4-3-7-25-14)11-15(13)16(21)19-22/h3-4,7,12-13,15H,5-6,8-11H2,1-2H3. The monoisotopic (exact) mass is 344 g/mol. The van der Waals surface area contributed by atoms with Gasteiger partial charge in [-0.2, -0.15) is 5.10 Å². The number of piperidine rings is 1. The molecule has 1 fully saturated rings. The van der Waals surface area contributed by atoms with Crippen molar-refractivity contribution in [2.75, 3.05) is 13.1 Å². The number of nitrogens with zero attached hydrogens (tertiary/aromatic N) is 4. The number of hydrogen-bond acceptors (Lipinski definition) is 5. The average Bonchev–Trinajstić information content (AvgIpc) is 3.20. The van der Waals surface area contributed by atoms with E-state index in [2.05, 4.69) is 10.00 Å². The molecule has 0 radical (unpaired) electrons. The van der Waals surface area contributed by atoms with E-state index >= 15 is 0 Å². The fourth-order valence-electron chi connectivity index (χ4n) is 4.05. The summed E-state index contributed by atoms with van der Waals surface area (Å²) in [5.74, 6) is 2.59. The van der Waals surface area contributed by atoms with Crippen molar-refractivity contribution in [2.45, 2.75) is 45.8 Å². The van der Waals surface area contributed by atoms with Crippen LogP contribution >= 0.6 is 0 Å². The average molecular weight is 344 g/mol. The molecule has 0 N–H and O–H groups in total. The fourth-order valence-corrected chi connectivity index (χ4v) is 4.05. The van der Waals surface area contributed by atoms with Gasteiger partial charge in [0, 0.05) is 25.6 Å². The Morgan fingerprint density at radius 2 is 2.12 bits per heavy atom. The van der Waals surface area contributed by atoms with Gasteiger partial charge in [-0.05, 0) is 36.9 Å². The van der Waals surface area contributed by atoms with Crippen LogP contribution < -0.4 is 11.1 Å². The Kier molecular flexibility index (Phi) is 4.11. The van der Waals surface area contributed by atoms with E-state index < -0.39 is 11.1 Å². The van der Waals surface area contributed by atoms with Crippen molar-refractivity contribution in [3.8, 4) is 0 Å². The van der Waals surface area contributed by atoms with Gasteiger partial charge in [0.05, 0.1) is 12.8 Å². The molecule has 2 aromatic heterocycles. The molecule has 2 aliphatic rings. The first-order chi connectivity index (χ1) is 12.0. The molecule has 0 amide bonds. The Balaban J connectivity index is 1.63. The van der Waals surface area contributed by atoms with Crippen molar-refractivity contribution in [3.63, 3.8) is 0 Å². The summed E-state index contributed by atoms with van der Waals surface area (Å²) in [6, 6.07) is 3.89. The van der Waals surface area contributed by atoms with Crippen molar-refractivity contribution in [3.05, 3.63) is 50.7 Å². The van der Waals surface area contributed by atoms with Gasteiger partial charge in [-0.15, -0.1) is 0 Å². The molecule has 134 valence electrons. The highest BCUT2D eigenvalue weighted by atomic mass is 16.3. The molecule has 0 saturated carbocycles. The Hall–Kier alpha value is -2.15. The Morgan fingerprint density at radius 1 is 1.28 bits per heavy atom. The number of likely N-dealkylation sites (tertiary alicyclic amines) is 1. The maximum absolute atomic E-state index is 12.5. The zero-order chi connectivity index (χ0) is 17.6. The third-order valence-electron chi connectivity index (χ3n) is 5.25. The van der Waals surface area contributed by atoms with Crippen molar-refractivity contribution in [1.29, 1.82) is 0 Å². The predicted molar refractivity (Wildman–Crippen MR) is 92.4 cm³/mol. The number of furan rings is 1. The molecule has 7 heteroatoms. The molecule has 0 aromatic carbocycles. The summed E-state index contributed by atoms with van der Waals surface area (Å²) < 4.78 is 8.44. The van der Waals surface area contributed by atoms with Gasteiger partial charge < -0.3 is 4.42 Å². The Bertz CT molecular complexity index is 865. The van der Waals surface area contributed by atoms with E-state index in [1.807, 2.05) is 26.0 Å². The van der Waals surface area contributed by atoms with Crippen LogP contribution in [0.5, 0.6) is 0 Å². The zero-order valence-electron chi connectivity index (χ0n) is 14.7. The van der Waals surface area contributed by atoms with Gasteiger partial charge in [0.2, 0.25) is 0 Å². The molecule has 2 aromatic rings. The summed E-state index contributed by atoms with van der Waals surface area (Å²) in [6.07, 6.45) is 2.70. The Morgan fingerprint density at radius 3 is 2.84 bits per heavy atom. The lowest BCUT2D eigenvalue weighted by Crippen LogP contribution is -2.44. The Labute approximate surface area is 145 Å². The molecular weight excluding hydrogens is 320 g/mol. The topological polar surface area (TPSA) is 73.3 Å². The van der Waals surface area contributed by atoms with Crippen LogP contribution in [0.4, 0.5) is 0 Å². The van der Waals surface area contributed by atoms with E-state index in [0.29, 0.717) is 19.0 Å². The molecule has 0 bridgehead atoms. The second-order valence-electron chi connectivity index (χ2n) is 7.62. The van der Waals surface area contributed by atoms with Gasteiger partial charge >= 0.3 is 11.1 Å². The number of fused-ring (bicyclic) bond motifs is 3. The maximum atomic E-state index is 12.5. The van der Waals surface area contributed by atoms with Gasteiger partial charge in [0.15, 0.2) is 0 Å². The zero-order valence-corrected chi connectivity index (χ0v) is 14.7. The minimum atomic E-state index is -0.497. The van der Waals surface area contributed by atoms with Crippen LogP contribution in [0.1, 0.15) is 37.8 Å². The molecule has 2 atom stereocenters. The summed E-state index contributed by atoms with van der Waals surface area (Å²) in [5.41, 5.74) is -0.916. The molecule has 25 heavy (non-hydrogen) atoms. The van der Waals surface area contributed by atoms with Gasteiger partial charge in [-0.1, -0.05) is 13.8 Å². The van der Waals surface area contributed by atoms with Gasteiger partial charge in [-0.25, -0.2) is 4.68 Å². The van der Waals surface area contributed by atoms with Gasteiger partial charge in [0.1, 0.15) is 11.6 Å². The van der Waals surface area contributed by atoms with Crippen LogP contribution in [0.3, 0.4) is 0 Å². The summed E-state index contributed by atoms with van der Waals surface area (Å²) in [7, 11) is 0. The molecule has 0 aliphatic carbocycles. The van der Waals surface area contributed by atoms with Crippen LogP contribution in [0.15, 0.2) is 32.4 Å². The summed E-state index contributed by atoms with van der Waals surface area (Å²) in [4.78, 5) is 27.1. The largest absolute Gasteiger partial charge is 0.468 e. The highest BCUT2D eigenvalue weighted by molar-refractivity contribution is 5.10. The molecule has 2 aliphatic heterocycles. The quantitative estimate of drug-likeness (QED) is 0.781. The molecular formula is C18H24N4O3. The third kappa shape index (κ3) is 2.97. The van der Waals surface area contributed by atoms with E-state index in [9.17, 15) is 9.59 Å². The first-order valence-corrected chi connectivity index (χ1v) is 8.99. The van der Waals surface area contributed by atoms with E-state index in [-0.39, 0.29) is 11.8 Å². The first kappa shape index (κ1) is 16.3. The van der Waals surface area contributed by atoms with Crippen molar-refractivity contribution >= 4 is 0 Å². The third-order valence-corrected chi connectivity index (χ3v) is 5.25. The number of hydrogen-bond donors (Lipinski definition) is 0. The summed E-state index contributed by atoms with van der Waals surface area (Å²) in [5, 5.41) is 4.59. The van der Waals surface area contributed by atoms with Crippen LogP contribution in [0.25, 0.3) is 0 Å². The lowest BCUT2D eigenvalue weighted by atomic mass is 9.87. The maximum Gasteiger partial charge on any atom is 0.332 e. The second-order valence-corrected chi connectivity index (χ2v) is 7.62. The molecule has 4 heterocycles. The highest BCUT2D eigenvalue weighted by Gasteiger charge is 2.40. The molecule has 7 nitrogen and oxygen atoms in total. The van der Waals surface area contributed by atoms with Gasteiger partial charge in [-0.3, -0.25) is 19.1 Å². The minimum Gasteiger partial charge on any atom is -0.468 e. The van der Waals surface area contributed by atoms with Gasteiger partial charge in [0.25, 0.3) is 0 Å². The molecule has 1 saturated heterocycles. The van der Waals surface area contributed by atoms with E-state index in [1.54, 1.807) is 10.8 Å². The molecule has 4 rings (SSSR count). The smallest absolute Gasteiger partial charge is 0.332 e. The lowest BCUT2D eigenvalue weighted by molar-refractivity contribution is 0.148. The minimum absolute atomic E-state index is 0.204. The van der Waals surface area contributed by atoms with Crippen molar-refractivity contribution in [1.82, 2.24) is 19.2 Å². The SMILES string of the molecule is CC(C)Cn1nc2n(c(=O)c1=O)CC1CCN(Cc3ccco3)CC21. The van der Waals surface area contributed by atoms with Crippen molar-refractivity contribution in [2.24, 2.45) is 11.8 Å². The summed E-state index contributed by atoms with van der Waals surface area (Å²) >= 11 is 0. The van der Waals surface area contributed by atoms with E-state index in [4.69, 9.17) is 4.42 Å². The van der Waals surface area contributed by atoms with Crippen LogP contribution in [0.2, 0.25) is 0 Å².